The molecule has 1 N–H and O–H groups in total. The number of furan rings is 1. The van der Waals surface area contributed by atoms with Gasteiger partial charge in [-0.25, -0.2) is 8.78 Å². The van der Waals surface area contributed by atoms with Crippen LogP contribution in [0.4, 0.5) is 14.6 Å². The highest BCUT2D eigenvalue weighted by Crippen LogP contribution is 2.28. The molecule has 28 heavy (non-hydrogen) atoms. The van der Waals surface area contributed by atoms with Gasteiger partial charge in [0, 0.05) is 16.7 Å². The molecular weight excluding hydrogens is 384 g/mol. The second-order valence-electron chi connectivity index (χ2n) is 6.12. The van der Waals surface area contributed by atoms with E-state index in [4.69, 9.17) is 4.42 Å². The molecule has 0 unspecified atom stereocenters. The summed E-state index contributed by atoms with van der Waals surface area (Å²) in [6.07, 6.45) is 1.55. The van der Waals surface area contributed by atoms with E-state index < -0.39 is 17.5 Å². The fraction of sp³-hybridized carbons (Fsp3) is 0.200. The van der Waals surface area contributed by atoms with Gasteiger partial charge in [-0.15, -0.1) is 11.8 Å². The first kappa shape index (κ1) is 19.7. The van der Waals surface area contributed by atoms with Crippen molar-refractivity contribution in [3.8, 4) is 6.07 Å². The monoisotopic (exact) mass is 401 g/mol. The number of aromatic nitrogens is 1. The Balaban J connectivity index is 1.79. The topological polar surface area (TPSA) is 71.0 Å². The number of amides is 1. The zero-order valence-electron chi connectivity index (χ0n) is 15.3. The standard InChI is InChI=1S/C20H17F2N3O2S/c1-12-13(2)25(10-15-4-3-7-27-15)20(16(12)9-23)24-19(26)11-28-18-6-5-14(21)8-17(18)22/h3-8H,10-11H2,1-2H3,(H,24,26). The fourth-order valence-corrected chi connectivity index (χ4v) is 3.51. The van der Waals surface area contributed by atoms with Crippen molar-refractivity contribution >= 4 is 23.5 Å². The van der Waals surface area contributed by atoms with Crippen LogP contribution in [-0.4, -0.2) is 16.2 Å². The number of halogens is 2. The molecule has 0 aliphatic carbocycles. The lowest BCUT2D eigenvalue weighted by molar-refractivity contribution is -0.113. The number of hydrogen-bond donors (Lipinski definition) is 1. The van der Waals surface area contributed by atoms with Crippen molar-refractivity contribution in [3.63, 3.8) is 0 Å². The molecule has 144 valence electrons. The van der Waals surface area contributed by atoms with E-state index in [1.807, 2.05) is 13.8 Å². The van der Waals surface area contributed by atoms with E-state index in [9.17, 15) is 18.8 Å². The number of nitrogens with one attached hydrogen (secondary N) is 1. The summed E-state index contributed by atoms with van der Waals surface area (Å²) in [6.45, 7) is 4.03. The SMILES string of the molecule is Cc1c(C#N)c(NC(=O)CSc2ccc(F)cc2F)n(Cc2ccco2)c1C. The van der Waals surface area contributed by atoms with Crippen molar-refractivity contribution < 1.29 is 18.0 Å². The average molecular weight is 401 g/mol. The van der Waals surface area contributed by atoms with Gasteiger partial charge >= 0.3 is 0 Å². The highest BCUT2D eigenvalue weighted by atomic mass is 32.2. The van der Waals surface area contributed by atoms with Crippen molar-refractivity contribution in [3.05, 3.63) is 70.8 Å². The summed E-state index contributed by atoms with van der Waals surface area (Å²) < 4.78 is 33.9. The second kappa shape index (κ2) is 8.31. The third-order valence-corrected chi connectivity index (χ3v) is 5.39. The van der Waals surface area contributed by atoms with E-state index in [-0.39, 0.29) is 10.6 Å². The van der Waals surface area contributed by atoms with Gasteiger partial charge in [0.05, 0.1) is 24.1 Å². The Bertz CT molecular complexity index is 1050. The maximum atomic E-state index is 13.7. The number of carbonyl (C=O) groups excluding carboxylic acids is 1. The van der Waals surface area contributed by atoms with E-state index in [1.165, 1.54) is 6.07 Å². The molecule has 3 aromatic rings. The number of hydrogen-bond acceptors (Lipinski definition) is 4. The van der Waals surface area contributed by atoms with Crippen molar-refractivity contribution in [1.82, 2.24) is 4.57 Å². The van der Waals surface area contributed by atoms with Gasteiger partial charge in [0.2, 0.25) is 5.91 Å². The average Bonchev–Trinajstić information content (AvgIpc) is 3.24. The van der Waals surface area contributed by atoms with Crippen LogP contribution in [0.15, 0.2) is 45.9 Å². The lowest BCUT2D eigenvalue weighted by Crippen LogP contribution is -2.18. The molecule has 0 aliphatic rings. The van der Waals surface area contributed by atoms with Gasteiger partial charge < -0.3 is 14.3 Å². The summed E-state index contributed by atoms with van der Waals surface area (Å²) in [6, 6.07) is 8.89. The highest BCUT2D eigenvalue weighted by molar-refractivity contribution is 8.00. The molecule has 1 aromatic carbocycles. The third kappa shape index (κ3) is 4.10. The number of thioether (sulfide) groups is 1. The van der Waals surface area contributed by atoms with Crippen LogP contribution in [0.25, 0.3) is 0 Å². The maximum Gasteiger partial charge on any atom is 0.235 e. The summed E-state index contributed by atoms with van der Waals surface area (Å²) in [4.78, 5) is 12.6. The molecule has 0 radical (unpaired) electrons. The minimum Gasteiger partial charge on any atom is -0.467 e. The lowest BCUT2D eigenvalue weighted by atomic mass is 10.2. The maximum absolute atomic E-state index is 13.7. The van der Waals surface area contributed by atoms with E-state index in [0.717, 1.165) is 35.2 Å². The summed E-state index contributed by atoms with van der Waals surface area (Å²) in [5.74, 6) is -0.823. The zero-order chi connectivity index (χ0) is 20.3. The molecule has 5 nitrogen and oxygen atoms in total. The first-order valence-corrected chi connectivity index (χ1v) is 9.39. The van der Waals surface area contributed by atoms with Crippen LogP contribution in [-0.2, 0) is 11.3 Å². The van der Waals surface area contributed by atoms with Crippen molar-refractivity contribution in [2.75, 3.05) is 11.1 Å². The molecular formula is C20H17F2N3O2S. The van der Waals surface area contributed by atoms with E-state index in [2.05, 4.69) is 11.4 Å². The summed E-state index contributed by atoms with van der Waals surface area (Å²) in [5, 5.41) is 12.3. The molecule has 1 amide bonds. The zero-order valence-corrected chi connectivity index (χ0v) is 16.1. The van der Waals surface area contributed by atoms with Gasteiger partial charge in [-0.2, -0.15) is 5.26 Å². The van der Waals surface area contributed by atoms with Crippen LogP contribution >= 0.6 is 11.8 Å². The van der Waals surface area contributed by atoms with Crippen LogP contribution in [0.5, 0.6) is 0 Å². The molecule has 0 saturated carbocycles. The number of anilines is 1. The Kier molecular flexibility index (Phi) is 5.85. The van der Waals surface area contributed by atoms with Crippen LogP contribution in [0.3, 0.4) is 0 Å². The summed E-state index contributed by atoms with van der Waals surface area (Å²) in [7, 11) is 0. The van der Waals surface area contributed by atoms with Gasteiger partial charge in [0.15, 0.2) is 0 Å². The number of rotatable bonds is 6. The Morgan fingerprint density at radius 1 is 1.32 bits per heavy atom. The van der Waals surface area contributed by atoms with Gasteiger partial charge in [0.25, 0.3) is 0 Å². The second-order valence-corrected chi connectivity index (χ2v) is 7.14. The van der Waals surface area contributed by atoms with E-state index in [1.54, 1.807) is 23.0 Å². The molecule has 0 aliphatic heterocycles. The molecule has 0 spiro atoms. The molecule has 0 fully saturated rings. The van der Waals surface area contributed by atoms with Gasteiger partial charge in [0.1, 0.15) is 29.3 Å². The Hall–Kier alpha value is -3.05. The number of carbonyl (C=O) groups is 1. The van der Waals surface area contributed by atoms with Crippen molar-refractivity contribution in [1.29, 1.82) is 5.26 Å². The Labute approximate surface area is 165 Å². The molecule has 2 heterocycles. The normalized spacial score (nSPS) is 10.7. The predicted octanol–water partition coefficient (Wildman–Crippen LogP) is 4.63. The largest absolute Gasteiger partial charge is 0.467 e. The van der Waals surface area contributed by atoms with Crippen LogP contribution in [0.2, 0.25) is 0 Å². The number of benzene rings is 1. The van der Waals surface area contributed by atoms with Crippen LogP contribution < -0.4 is 5.32 Å². The molecule has 0 bridgehead atoms. The molecule has 0 atom stereocenters. The molecule has 0 saturated heterocycles. The Morgan fingerprint density at radius 2 is 2.11 bits per heavy atom. The van der Waals surface area contributed by atoms with Crippen molar-refractivity contribution in [2.45, 2.75) is 25.3 Å². The molecule has 8 heteroatoms. The first-order valence-electron chi connectivity index (χ1n) is 8.40. The fourth-order valence-electron chi connectivity index (χ4n) is 2.79. The first-order chi connectivity index (χ1) is 13.4. The third-order valence-electron chi connectivity index (χ3n) is 4.35. The Morgan fingerprint density at radius 3 is 2.75 bits per heavy atom. The molecule has 2 aromatic heterocycles. The summed E-state index contributed by atoms with van der Waals surface area (Å²) in [5.41, 5.74) is 1.97. The minimum absolute atomic E-state index is 0.0859. The highest BCUT2D eigenvalue weighted by Gasteiger charge is 2.20. The minimum atomic E-state index is -0.719. The van der Waals surface area contributed by atoms with Gasteiger partial charge in [-0.1, -0.05) is 0 Å². The van der Waals surface area contributed by atoms with E-state index in [0.29, 0.717) is 23.7 Å². The number of nitriles is 1. The predicted molar refractivity (Wildman–Crippen MR) is 102 cm³/mol. The van der Waals surface area contributed by atoms with Crippen LogP contribution in [0, 0.1) is 36.8 Å². The smallest absolute Gasteiger partial charge is 0.235 e. The number of nitrogens with zero attached hydrogens (tertiary/aromatic N) is 2. The van der Waals surface area contributed by atoms with Crippen LogP contribution in [0.1, 0.15) is 22.6 Å². The molecule has 3 rings (SSSR count). The van der Waals surface area contributed by atoms with E-state index >= 15 is 0 Å². The lowest BCUT2D eigenvalue weighted by Gasteiger charge is -2.12. The summed E-state index contributed by atoms with van der Waals surface area (Å²) >= 11 is 0.954. The quantitative estimate of drug-likeness (QED) is 0.612. The van der Waals surface area contributed by atoms with Gasteiger partial charge in [-0.3, -0.25) is 4.79 Å². The van der Waals surface area contributed by atoms with Gasteiger partial charge in [-0.05, 0) is 43.7 Å². The van der Waals surface area contributed by atoms with Crippen molar-refractivity contribution in [2.24, 2.45) is 0 Å².